The molecule has 0 saturated heterocycles. The fourth-order valence-electron chi connectivity index (χ4n) is 7.95. The number of hydrogen-bond acceptors (Lipinski definition) is 4. The van der Waals surface area contributed by atoms with Crippen molar-refractivity contribution in [1.29, 1.82) is 0 Å². The molecule has 3 aliphatic rings. The molecule has 2 atom stereocenters. The zero-order valence-corrected chi connectivity index (χ0v) is 33.0. The van der Waals surface area contributed by atoms with Crippen molar-refractivity contribution in [1.82, 2.24) is 15.0 Å². The second-order valence-electron chi connectivity index (χ2n) is 14.9. The van der Waals surface area contributed by atoms with Crippen LogP contribution in [0.4, 0.5) is 0 Å². The van der Waals surface area contributed by atoms with Crippen LogP contribution < -0.4 is 0 Å². The Morgan fingerprint density at radius 1 is 0.746 bits per heavy atom. The number of nitrogens with zero attached hydrogens (tertiary/aromatic N) is 5. The summed E-state index contributed by atoms with van der Waals surface area (Å²) in [4.78, 5) is 25.1. The third-order valence-electron chi connectivity index (χ3n) is 11.1. The highest BCUT2D eigenvalue weighted by molar-refractivity contribution is 6.10. The first kappa shape index (κ1) is 37.3. The van der Waals surface area contributed by atoms with Gasteiger partial charge in [-0.1, -0.05) is 152 Å². The van der Waals surface area contributed by atoms with Gasteiger partial charge in [-0.3, -0.25) is 4.98 Å². The van der Waals surface area contributed by atoms with E-state index in [4.69, 9.17) is 20.0 Å². The van der Waals surface area contributed by atoms with Crippen molar-refractivity contribution in [2.75, 3.05) is 0 Å². The van der Waals surface area contributed by atoms with Crippen LogP contribution in [0.3, 0.4) is 0 Å². The summed E-state index contributed by atoms with van der Waals surface area (Å²) in [6.07, 6.45) is 31.9. The van der Waals surface area contributed by atoms with Crippen LogP contribution >= 0.6 is 0 Å². The Kier molecular flexibility index (Phi) is 10.8. The first-order chi connectivity index (χ1) is 29.1. The van der Waals surface area contributed by atoms with Crippen LogP contribution in [-0.4, -0.2) is 26.5 Å². The normalized spacial score (nSPS) is 17.8. The maximum absolute atomic E-state index is 5.36. The number of aromatic nitrogens is 3. The van der Waals surface area contributed by atoms with E-state index in [-0.39, 0.29) is 11.8 Å². The van der Waals surface area contributed by atoms with Gasteiger partial charge in [-0.05, 0) is 78.3 Å². The molecule has 9 rings (SSSR count). The van der Waals surface area contributed by atoms with Gasteiger partial charge in [0.2, 0.25) is 0 Å². The molecule has 0 spiro atoms. The van der Waals surface area contributed by atoms with Gasteiger partial charge in [0.1, 0.15) is 11.5 Å². The molecular formula is C54H43N5. The minimum absolute atomic E-state index is 0.0465. The van der Waals surface area contributed by atoms with Gasteiger partial charge < -0.3 is 0 Å². The number of hydrogen-bond donors (Lipinski definition) is 0. The van der Waals surface area contributed by atoms with E-state index in [1.54, 1.807) is 12.4 Å². The summed E-state index contributed by atoms with van der Waals surface area (Å²) in [6.45, 7) is 6.04. The third-order valence-corrected chi connectivity index (χ3v) is 11.1. The molecule has 3 aromatic carbocycles. The third kappa shape index (κ3) is 8.11. The van der Waals surface area contributed by atoms with Gasteiger partial charge in [-0.2, -0.15) is 0 Å². The van der Waals surface area contributed by atoms with Gasteiger partial charge >= 0.3 is 0 Å². The molecule has 3 heterocycles. The summed E-state index contributed by atoms with van der Waals surface area (Å²) >= 11 is 0. The van der Waals surface area contributed by atoms with Crippen LogP contribution in [0.25, 0.3) is 55.5 Å². The SMILES string of the molecule is C=C=C(/N=C(\N=C(/C)C1=CC=CC(c2cccc(-c3cc(C4=CCC=CC=C4)nc4c3ccc3ccc(-c5ccccc5)nc34)c2)C1)C1C=CC=CC1)c1ccncc1. The summed E-state index contributed by atoms with van der Waals surface area (Å²) < 4.78 is 0. The van der Waals surface area contributed by atoms with Crippen LogP contribution in [0.1, 0.15) is 48.9 Å². The number of pyridine rings is 3. The van der Waals surface area contributed by atoms with Crippen molar-refractivity contribution in [2.45, 2.75) is 32.1 Å². The Bertz CT molecular complexity index is 2910. The van der Waals surface area contributed by atoms with E-state index < -0.39 is 0 Å². The van der Waals surface area contributed by atoms with Gasteiger partial charge in [-0.25, -0.2) is 20.0 Å². The summed E-state index contributed by atoms with van der Waals surface area (Å²) in [6, 6.07) is 34.1. The second-order valence-corrected chi connectivity index (χ2v) is 14.9. The maximum Gasteiger partial charge on any atom is 0.137 e. The Morgan fingerprint density at radius 2 is 1.58 bits per heavy atom. The Morgan fingerprint density at radius 3 is 2.42 bits per heavy atom. The molecule has 6 aromatic rings. The van der Waals surface area contributed by atoms with Crippen molar-refractivity contribution >= 4 is 44.6 Å². The quantitative estimate of drug-likeness (QED) is 0.0671. The zero-order valence-electron chi connectivity index (χ0n) is 33.0. The Balaban J connectivity index is 1.08. The smallest absolute Gasteiger partial charge is 0.137 e. The molecule has 0 amide bonds. The fraction of sp³-hybridized carbons (Fsp3) is 0.111. The minimum Gasteiger partial charge on any atom is -0.265 e. The first-order valence-corrected chi connectivity index (χ1v) is 20.2. The predicted molar refractivity (Wildman–Crippen MR) is 247 cm³/mol. The molecule has 2 unspecified atom stereocenters. The van der Waals surface area contributed by atoms with E-state index in [9.17, 15) is 0 Å². The predicted octanol–water partition coefficient (Wildman–Crippen LogP) is 13.2. The maximum atomic E-state index is 5.36. The first-order valence-electron chi connectivity index (χ1n) is 20.2. The van der Waals surface area contributed by atoms with Gasteiger partial charge in [0, 0.05) is 51.8 Å². The minimum atomic E-state index is 0.0465. The van der Waals surface area contributed by atoms with Crippen molar-refractivity contribution < 1.29 is 0 Å². The average Bonchev–Trinajstić information content (AvgIpc) is 3.61. The molecular weight excluding hydrogens is 719 g/mol. The van der Waals surface area contributed by atoms with Crippen LogP contribution in [0.2, 0.25) is 0 Å². The molecule has 3 aromatic heterocycles. The lowest BCUT2D eigenvalue weighted by molar-refractivity contribution is 0.833. The molecule has 3 aliphatic carbocycles. The highest BCUT2D eigenvalue weighted by Gasteiger charge is 2.21. The van der Waals surface area contributed by atoms with Gasteiger partial charge in [0.25, 0.3) is 0 Å². The zero-order chi connectivity index (χ0) is 40.0. The Labute approximate surface area is 345 Å². The summed E-state index contributed by atoms with van der Waals surface area (Å²) in [5.41, 5.74) is 16.1. The molecule has 0 saturated carbocycles. The van der Waals surface area contributed by atoms with Crippen molar-refractivity contribution in [3.63, 3.8) is 0 Å². The molecule has 0 aliphatic heterocycles. The van der Waals surface area contributed by atoms with E-state index in [2.05, 4.69) is 176 Å². The van der Waals surface area contributed by atoms with Crippen LogP contribution in [0.15, 0.2) is 210 Å². The van der Waals surface area contributed by atoms with Crippen molar-refractivity contribution in [2.24, 2.45) is 15.9 Å². The number of rotatable bonds is 8. The second kappa shape index (κ2) is 17.0. The van der Waals surface area contributed by atoms with Gasteiger partial charge in [-0.15, -0.1) is 5.73 Å². The molecule has 5 nitrogen and oxygen atoms in total. The molecule has 0 radical (unpaired) electrons. The van der Waals surface area contributed by atoms with Gasteiger partial charge in [0.15, 0.2) is 0 Å². The summed E-state index contributed by atoms with van der Waals surface area (Å²) in [5, 5.41) is 2.14. The number of benzene rings is 3. The van der Waals surface area contributed by atoms with E-state index in [1.807, 2.05) is 18.2 Å². The number of allylic oxidation sites excluding steroid dienone is 13. The number of amidine groups is 1. The largest absolute Gasteiger partial charge is 0.265 e. The molecule has 5 heteroatoms. The average molecular weight is 762 g/mol. The fourth-order valence-corrected chi connectivity index (χ4v) is 7.95. The van der Waals surface area contributed by atoms with Gasteiger partial charge in [0.05, 0.1) is 22.4 Å². The monoisotopic (exact) mass is 761 g/mol. The molecule has 0 bridgehead atoms. The summed E-state index contributed by atoms with van der Waals surface area (Å²) in [7, 11) is 0. The molecule has 0 fully saturated rings. The van der Waals surface area contributed by atoms with Crippen molar-refractivity contribution in [3.8, 4) is 22.4 Å². The molecule has 59 heavy (non-hydrogen) atoms. The Hall–Kier alpha value is -7.33. The standard InChI is InChI=1S/C54H43N5/c1-3-49(40-30-32-55-33-31-40)59-54(42-20-12-7-13-21-42)56-37(2)43-22-14-23-44(34-43)45-24-15-25-46(35-45)48-36-51(39-18-8-4-5-9-19-39)58-53-47(48)28-26-41-27-29-50(57-52(41)53)38-16-10-6-11-17-38/h4-8,10-20,22-33,35-36,42,44H,1,9,21,34H2,2H3/b56-37+,59-54-. The highest BCUT2D eigenvalue weighted by Crippen LogP contribution is 2.38. The lowest BCUT2D eigenvalue weighted by atomic mass is 9.85. The van der Waals surface area contributed by atoms with E-state index in [0.29, 0.717) is 5.70 Å². The van der Waals surface area contributed by atoms with E-state index >= 15 is 0 Å². The highest BCUT2D eigenvalue weighted by atomic mass is 14.9. The van der Waals surface area contributed by atoms with E-state index in [1.165, 1.54) is 11.1 Å². The van der Waals surface area contributed by atoms with Crippen LogP contribution in [0, 0.1) is 5.92 Å². The van der Waals surface area contributed by atoms with Crippen LogP contribution in [-0.2, 0) is 0 Å². The molecule has 0 N–H and O–H groups in total. The van der Waals surface area contributed by atoms with E-state index in [0.717, 1.165) is 91.8 Å². The molecule has 284 valence electrons. The number of aliphatic imine (C=N–C) groups is 2. The van der Waals surface area contributed by atoms with Crippen LogP contribution in [0.5, 0.6) is 0 Å². The number of fused-ring (bicyclic) bond motifs is 3. The lowest BCUT2D eigenvalue weighted by Crippen LogP contribution is -2.15. The topological polar surface area (TPSA) is 63.4 Å². The summed E-state index contributed by atoms with van der Waals surface area (Å²) in [5.74, 6) is 0.957. The lowest BCUT2D eigenvalue weighted by Gasteiger charge is -2.21. The van der Waals surface area contributed by atoms with Crippen molar-refractivity contribution in [3.05, 3.63) is 217 Å².